The highest BCUT2D eigenvalue weighted by atomic mass is 32.1. The van der Waals surface area contributed by atoms with Crippen molar-refractivity contribution in [3.63, 3.8) is 0 Å². The molecule has 9 nitrogen and oxygen atoms in total. The van der Waals surface area contributed by atoms with Crippen LogP contribution < -0.4 is 21.3 Å². The summed E-state index contributed by atoms with van der Waals surface area (Å²) >= 11 is 4.31. The van der Waals surface area contributed by atoms with Gasteiger partial charge >= 0.3 is 0 Å². The van der Waals surface area contributed by atoms with Gasteiger partial charge in [-0.25, -0.2) is 0 Å². The third kappa shape index (κ3) is 9.29. The molecule has 3 aromatic carbocycles. The first kappa shape index (κ1) is 31.5. The second-order valence-electron chi connectivity index (χ2n) is 10.5. The summed E-state index contributed by atoms with van der Waals surface area (Å²) in [5.74, 6) is -2.71. The van der Waals surface area contributed by atoms with Crippen LogP contribution in [0.3, 0.4) is 0 Å². The summed E-state index contributed by atoms with van der Waals surface area (Å²) in [6.07, 6.45) is 3.58. The number of aliphatic hydroxyl groups is 1. The minimum Gasteiger partial charge on any atom is -0.369 e. The third-order valence-corrected chi connectivity index (χ3v) is 7.77. The van der Waals surface area contributed by atoms with Crippen molar-refractivity contribution >= 4 is 42.3 Å². The molecule has 0 aromatic heterocycles. The van der Waals surface area contributed by atoms with Gasteiger partial charge in [0.1, 0.15) is 6.04 Å². The smallest absolute Gasteiger partial charge is 0.264 e. The van der Waals surface area contributed by atoms with E-state index in [9.17, 15) is 24.3 Å². The van der Waals surface area contributed by atoms with Crippen LogP contribution in [0, 0.1) is 5.92 Å². The summed E-state index contributed by atoms with van der Waals surface area (Å²) in [7, 11) is 0. The normalized spacial score (nSPS) is 17.3. The Balaban J connectivity index is 1.53. The molecule has 0 bridgehead atoms. The lowest BCUT2D eigenvalue weighted by atomic mass is 9.93. The minimum absolute atomic E-state index is 0.0315. The summed E-state index contributed by atoms with van der Waals surface area (Å²) in [6, 6.07) is 25.3. The predicted octanol–water partition coefficient (Wildman–Crippen LogP) is 2.37. The maximum Gasteiger partial charge on any atom is 0.264 e. The maximum absolute atomic E-state index is 13.7. The fraction of sp³-hybridized carbons (Fsp3) is 0.273. The number of hydrogen-bond acceptors (Lipinski definition) is 6. The molecular weight excluding hydrogens is 564 g/mol. The zero-order chi connectivity index (χ0) is 30.7. The molecule has 0 saturated carbocycles. The molecule has 10 heteroatoms. The van der Waals surface area contributed by atoms with E-state index in [1.54, 1.807) is 6.08 Å². The van der Waals surface area contributed by atoms with Crippen molar-refractivity contribution in [1.29, 1.82) is 0 Å². The van der Waals surface area contributed by atoms with Gasteiger partial charge in [0.15, 0.2) is 0 Å². The molecule has 5 N–H and O–H groups in total. The Bertz CT molecular complexity index is 1420. The van der Waals surface area contributed by atoms with Crippen molar-refractivity contribution in [1.82, 2.24) is 21.3 Å². The van der Waals surface area contributed by atoms with Gasteiger partial charge in [-0.15, -0.1) is 12.6 Å². The van der Waals surface area contributed by atoms with E-state index in [2.05, 4.69) is 33.9 Å². The van der Waals surface area contributed by atoms with E-state index < -0.39 is 40.7 Å². The van der Waals surface area contributed by atoms with Gasteiger partial charge in [-0.3, -0.25) is 19.2 Å². The highest BCUT2D eigenvalue weighted by Crippen LogP contribution is 2.26. The maximum atomic E-state index is 13.7. The van der Waals surface area contributed by atoms with Crippen molar-refractivity contribution < 1.29 is 24.3 Å². The molecule has 0 radical (unpaired) electrons. The average molecular weight is 601 g/mol. The average Bonchev–Trinajstić information content (AvgIpc) is 3.43. The zero-order valence-corrected chi connectivity index (χ0v) is 24.5. The number of rotatable bonds is 13. The topological polar surface area (TPSA) is 137 Å². The molecule has 4 rings (SSSR count). The standard InChI is InChI=1S/C33H36N4O5S/c38-29(17-16-23-10-4-1-5-11-23)36-27(20-24-12-6-2-7-13-24)31(40)37-28(21-26-18-19-34-30(26)39)33(42,43)32(41)35-22-25-14-8-3-9-15-25/h1-17,26-28,42-43H,18-22H2,(H,34,39)(H,35,41)(H,36,38)(H,37,40)/b17-16+/t26-,27-,28-,33-/m0/s1. The summed E-state index contributed by atoms with van der Waals surface area (Å²) in [4.78, 5) is 49.9. The molecular formula is C33H36N4O5S. The Labute approximate surface area is 256 Å². The van der Waals surface area contributed by atoms with Gasteiger partial charge in [-0.05, 0) is 35.6 Å². The second kappa shape index (κ2) is 15.2. The van der Waals surface area contributed by atoms with Crippen LogP contribution in [0.25, 0.3) is 6.08 Å². The first-order chi connectivity index (χ1) is 20.7. The van der Waals surface area contributed by atoms with Crippen LogP contribution >= 0.6 is 12.6 Å². The van der Waals surface area contributed by atoms with Crippen LogP contribution in [0.5, 0.6) is 0 Å². The van der Waals surface area contributed by atoms with Gasteiger partial charge in [0.2, 0.25) is 22.7 Å². The first-order valence-electron chi connectivity index (χ1n) is 14.1. The monoisotopic (exact) mass is 600 g/mol. The number of benzene rings is 3. The molecule has 4 atom stereocenters. The summed E-state index contributed by atoms with van der Waals surface area (Å²) in [5.41, 5.74) is 2.42. The minimum atomic E-state index is -2.36. The van der Waals surface area contributed by atoms with Crippen molar-refractivity contribution in [3.05, 3.63) is 114 Å². The Hall–Kier alpha value is -4.41. The highest BCUT2D eigenvalue weighted by Gasteiger charge is 2.45. The molecule has 1 fully saturated rings. The van der Waals surface area contributed by atoms with Crippen LogP contribution in [-0.4, -0.2) is 52.3 Å². The largest absolute Gasteiger partial charge is 0.369 e. The lowest BCUT2D eigenvalue weighted by Gasteiger charge is -2.33. The molecule has 4 amide bonds. The van der Waals surface area contributed by atoms with Gasteiger partial charge < -0.3 is 26.4 Å². The summed E-state index contributed by atoms with van der Waals surface area (Å²) < 4.78 is 0. The van der Waals surface area contributed by atoms with Crippen LogP contribution in [0.1, 0.15) is 29.5 Å². The van der Waals surface area contributed by atoms with Crippen molar-refractivity contribution in [2.75, 3.05) is 6.54 Å². The summed E-state index contributed by atoms with van der Waals surface area (Å²) in [5, 5.41) is 22.3. The Morgan fingerprint density at radius 3 is 2.14 bits per heavy atom. The van der Waals surface area contributed by atoms with Crippen LogP contribution in [-0.2, 0) is 32.1 Å². The lowest BCUT2D eigenvalue weighted by molar-refractivity contribution is -0.137. The fourth-order valence-electron chi connectivity index (χ4n) is 4.83. The SMILES string of the molecule is O=C(/C=C/c1ccccc1)N[C@@H](Cc1ccccc1)C(=O)N[C@@H](C[C@@H]1CCNC1=O)[C@](O)(S)C(=O)NCc1ccccc1. The Morgan fingerprint density at radius 1 is 0.930 bits per heavy atom. The van der Waals surface area contributed by atoms with Crippen molar-refractivity contribution in [2.24, 2.45) is 5.92 Å². The van der Waals surface area contributed by atoms with Crippen molar-refractivity contribution in [3.8, 4) is 0 Å². The van der Waals surface area contributed by atoms with E-state index in [4.69, 9.17) is 0 Å². The third-order valence-electron chi connectivity index (χ3n) is 7.26. The van der Waals surface area contributed by atoms with Gasteiger partial charge in [-0.1, -0.05) is 91.0 Å². The zero-order valence-electron chi connectivity index (χ0n) is 23.6. The molecule has 0 unspecified atom stereocenters. The van der Waals surface area contributed by atoms with Crippen molar-refractivity contribution in [2.45, 2.75) is 42.8 Å². The molecule has 43 heavy (non-hydrogen) atoms. The second-order valence-corrected chi connectivity index (χ2v) is 11.1. The van der Waals surface area contributed by atoms with E-state index >= 15 is 0 Å². The van der Waals surface area contributed by atoms with E-state index in [0.29, 0.717) is 13.0 Å². The van der Waals surface area contributed by atoms with Gasteiger partial charge in [0.25, 0.3) is 5.91 Å². The van der Waals surface area contributed by atoms with Crippen LogP contribution in [0.4, 0.5) is 0 Å². The quantitative estimate of drug-likeness (QED) is 0.102. The molecule has 0 aliphatic carbocycles. The van der Waals surface area contributed by atoms with E-state index in [1.165, 1.54) is 6.08 Å². The molecule has 3 aromatic rings. The predicted molar refractivity (Wildman–Crippen MR) is 167 cm³/mol. The number of carbonyl (C=O) groups is 4. The Kier molecular flexibility index (Phi) is 11.1. The number of hydrogen-bond donors (Lipinski definition) is 6. The van der Waals surface area contributed by atoms with Gasteiger partial charge in [0, 0.05) is 31.5 Å². The fourth-order valence-corrected chi connectivity index (χ4v) is 5.08. The molecule has 1 aliphatic rings. The van der Waals surface area contributed by atoms with Crippen LogP contribution in [0.2, 0.25) is 0 Å². The molecule has 1 saturated heterocycles. The van der Waals surface area contributed by atoms with Gasteiger partial charge in [0.05, 0.1) is 6.04 Å². The van der Waals surface area contributed by atoms with E-state index in [1.807, 2.05) is 91.0 Å². The number of thiol groups is 1. The van der Waals surface area contributed by atoms with Gasteiger partial charge in [-0.2, -0.15) is 0 Å². The number of nitrogens with one attached hydrogen (secondary N) is 4. The van der Waals surface area contributed by atoms with E-state index in [-0.39, 0.29) is 25.3 Å². The van der Waals surface area contributed by atoms with Crippen LogP contribution in [0.15, 0.2) is 97.1 Å². The Morgan fingerprint density at radius 2 is 1.53 bits per heavy atom. The molecule has 0 spiro atoms. The lowest BCUT2D eigenvalue weighted by Crippen LogP contribution is -2.61. The summed E-state index contributed by atoms with van der Waals surface area (Å²) in [6.45, 7) is 0.587. The highest BCUT2D eigenvalue weighted by molar-refractivity contribution is 7.82. The molecule has 1 aliphatic heterocycles. The van der Waals surface area contributed by atoms with E-state index in [0.717, 1.165) is 16.7 Å². The molecule has 1 heterocycles. The first-order valence-corrected chi connectivity index (χ1v) is 14.6. The number of amides is 4. The molecule has 224 valence electrons. The number of carbonyl (C=O) groups excluding carboxylic acids is 4.